The molecule has 0 aliphatic heterocycles. The van der Waals surface area contributed by atoms with Crippen molar-refractivity contribution < 1.29 is 4.79 Å². The summed E-state index contributed by atoms with van der Waals surface area (Å²) < 4.78 is 4.45. The highest BCUT2D eigenvalue weighted by atomic mass is 35.5. The van der Waals surface area contributed by atoms with Crippen LogP contribution in [-0.2, 0) is 0 Å². The SMILES string of the molecule is C[C@@H](NC(=O)c1cccc(Cl)c1)c1nc(-c2ccnc(C3CC3)c2)ns1. The molecular weight excluding hydrogens is 368 g/mol. The van der Waals surface area contributed by atoms with E-state index in [9.17, 15) is 4.79 Å². The number of nitrogens with one attached hydrogen (secondary N) is 1. The molecule has 1 aliphatic rings. The molecule has 0 unspecified atom stereocenters. The summed E-state index contributed by atoms with van der Waals surface area (Å²) in [6, 6.07) is 10.6. The second kappa shape index (κ2) is 7.13. The minimum absolute atomic E-state index is 0.184. The Bertz CT molecular complexity index is 954. The molecule has 1 amide bonds. The number of pyridine rings is 1. The highest BCUT2D eigenvalue weighted by molar-refractivity contribution is 7.05. The molecule has 0 radical (unpaired) electrons. The molecule has 0 bridgehead atoms. The van der Waals surface area contributed by atoms with Crippen LogP contribution >= 0.6 is 23.1 Å². The number of hydrogen-bond donors (Lipinski definition) is 1. The van der Waals surface area contributed by atoms with Crippen molar-refractivity contribution in [3.05, 3.63) is 63.9 Å². The normalized spacial score (nSPS) is 14.8. The van der Waals surface area contributed by atoms with E-state index in [1.165, 1.54) is 24.4 Å². The van der Waals surface area contributed by atoms with Gasteiger partial charge in [0, 0.05) is 34.0 Å². The number of hydrogen-bond acceptors (Lipinski definition) is 5. The Morgan fingerprint density at radius 3 is 2.92 bits per heavy atom. The van der Waals surface area contributed by atoms with Gasteiger partial charge in [0.1, 0.15) is 5.01 Å². The number of aromatic nitrogens is 3. The van der Waals surface area contributed by atoms with Gasteiger partial charge in [-0.1, -0.05) is 17.7 Å². The van der Waals surface area contributed by atoms with Gasteiger partial charge in [-0.3, -0.25) is 9.78 Å². The first-order chi connectivity index (χ1) is 12.6. The van der Waals surface area contributed by atoms with Crippen LogP contribution in [0.15, 0.2) is 42.6 Å². The van der Waals surface area contributed by atoms with Gasteiger partial charge < -0.3 is 5.32 Å². The van der Waals surface area contributed by atoms with E-state index in [1.54, 1.807) is 24.3 Å². The monoisotopic (exact) mass is 384 g/mol. The third-order valence-corrected chi connectivity index (χ3v) is 5.41. The Morgan fingerprint density at radius 2 is 2.15 bits per heavy atom. The maximum Gasteiger partial charge on any atom is 0.251 e. The predicted molar refractivity (Wildman–Crippen MR) is 102 cm³/mol. The fourth-order valence-corrected chi connectivity index (χ4v) is 3.55. The molecule has 3 aromatic rings. The third kappa shape index (κ3) is 3.76. The van der Waals surface area contributed by atoms with Gasteiger partial charge in [-0.05, 0) is 61.6 Å². The molecule has 2 aromatic heterocycles. The van der Waals surface area contributed by atoms with Gasteiger partial charge in [0.05, 0.1) is 6.04 Å². The molecule has 1 aromatic carbocycles. The van der Waals surface area contributed by atoms with Crippen LogP contribution in [0.4, 0.5) is 0 Å². The van der Waals surface area contributed by atoms with E-state index in [0.29, 0.717) is 22.3 Å². The van der Waals surface area contributed by atoms with Crippen molar-refractivity contribution in [1.82, 2.24) is 19.7 Å². The minimum atomic E-state index is -0.238. The van der Waals surface area contributed by atoms with E-state index < -0.39 is 0 Å². The second-order valence-corrected chi connectivity index (χ2v) is 7.63. The summed E-state index contributed by atoms with van der Waals surface area (Å²) in [5.41, 5.74) is 2.61. The summed E-state index contributed by atoms with van der Waals surface area (Å²) in [6.07, 6.45) is 4.23. The maximum atomic E-state index is 12.4. The predicted octanol–water partition coefficient (Wildman–Crippen LogP) is 4.62. The maximum absolute atomic E-state index is 12.4. The molecule has 1 atom stereocenters. The summed E-state index contributed by atoms with van der Waals surface area (Å²) >= 11 is 7.25. The van der Waals surface area contributed by atoms with Crippen molar-refractivity contribution in [3.8, 4) is 11.4 Å². The zero-order chi connectivity index (χ0) is 18.1. The Labute approximate surface area is 160 Å². The lowest BCUT2D eigenvalue weighted by molar-refractivity contribution is 0.0940. The molecule has 4 rings (SSSR count). The number of amides is 1. The number of benzene rings is 1. The lowest BCUT2D eigenvalue weighted by Gasteiger charge is -2.10. The molecule has 26 heavy (non-hydrogen) atoms. The molecule has 1 saturated carbocycles. The number of rotatable bonds is 5. The molecule has 0 spiro atoms. The third-order valence-electron chi connectivity index (χ3n) is 4.28. The molecule has 7 heteroatoms. The molecule has 1 aliphatic carbocycles. The minimum Gasteiger partial charge on any atom is -0.343 e. The summed E-state index contributed by atoms with van der Waals surface area (Å²) in [4.78, 5) is 21.4. The van der Waals surface area contributed by atoms with Crippen LogP contribution in [0.5, 0.6) is 0 Å². The Balaban J connectivity index is 1.48. The highest BCUT2D eigenvalue weighted by Crippen LogP contribution is 2.39. The Hall–Kier alpha value is -2.31. The van der Waals surface area contributed by atoms with Gasteiger partial charge in [-0.25, -0.2) is 4.98 Å². The largest absolute Gasteiger partial charge is 0.343 e. The number of halogens is 1. The fourth-order valence-electron chi connectivity index (χ4n) is 2.69. The summed E-state index contributed by atoms with van der Waals surface area (Å²) in [5.74, 6) is 1.08. The number of carbonyl (C=O) groups is 1. The van der Waals surface area contributed by atoms with Crippen LogP contribution in [0, 0.1) is 0 Å². The zero-order valence-electron chi connectivity index (χ0n) is 14.1. The van der Waals surface area contributed by atoms with E-state index in [4.69, 9.17) is 11.6 Å². The molecular formula is C19H17ClN4OS. The van der Waals surface area contributed by atoms with E-state index in [2.05, 4.69) is 25.7 Å². The van der Waals surface area contributed by atoms with Crippen molar-refractivity contribution in [3.63, 3.8) is 0 Å². The van der Waals surface area contributed by atoms with E-state index in [-0.39, 0.29) is 11.9 Å². The van der Waals surface area contributed by atoms with Gasteiger partial charge >= 0.3 is 0 Å². The van der Waals surface area contributed by atoms with Crippen LogP contribution in [-0.4, -0.2) is 20.2 Å². The zero-order valence-corrected chi connectivity index (χ0v) is 15.7. The Morgan fingerprint density at radius 1 is 1.31 bits per heavy atom. The van der Waals surface area contributed by atoms with E-state index in [1.807, 2.05) is 19.2 Å². The average molecular weight is 385 g/mol. The van der Waals surface area contributed by atoms with Gasteiger partial charge in [-0.2, -0.15) is 4.37 Å². The molecule has 0 saturated heterocycles. The topological polar surface area (TPSA) is 67.8 Å². The molecule has 132 valence electrons. The lowest BCUT2D eigenvalue weighted by Crippen LogP contribution is -2.26. The highest BCUT2D eigenvalue weighted by Gasteiger charge is 2.25. The lowest BCUT2D eigenvalue weighted by atomic mass is 10.1. The standard InChI is InChI=1S/C19H17ClN4OS/c1-11(22-18(25)14-3-2-4-15(20)9-14)19-23-17(24-26-19)13-7-8-21-16(10-13)12-5-6-12/h2-4,7-12H,5-6H2,1H3,(H,22,25)/t11-/m1/s1. The quantitative estimate of drug-likeness (QED) is 0.696. The van der Waals surface area contributed by atoms with Gasteiger partial charge in [0.15, 0.2) is 5.82 Å². The van der Waals surface area contributed by atoms with E-state index >= 15 is 0 Å². The van der Waals surface area contributed by atoms with Crippen molar-refractivity contribution >= 4 is 29.0 Å². The molecule has 1 N–H and O–H groups in total. The smallest absolute Gasteiger partial charge is 0.251 e. The van der Waals surface area contributed by atoms with Crippen molar-refractivity contribution in [2.45, 2.75) is 31.7 Å². The first-order valence-electron chi connectivity index (χ1n) is 8.46. The Kier molecular flexibility index (Phi) is 4.70. The average Bonchev–Trinajstić information content (AvgIpc) is 3.38. The van der Waals surface area contributed by atoms with Gasteiger partial charge in [0.25, 0.3) is 5.91 Å². The number of nitrogens with zero attached hydrogens (tertiary/aromatic N) is 3. The second-order valence-electron chi connectivity index (χ2n) is 6.41. The van der Waals surface area contributed by atoms with Crippen molar-refractivity contribution in [2.24, 2.45) is 0 Å². The van der Waals surface area contributed by atoms with Crippen LogP contribution in [0.3, 0.4) is 0 Å². The van der Waals surface area contributed by atoms with Crippen LogP contribution in [0.1, 0.15) is 52.8 Å². The van der Waals surface area contributed by atoms with Gasteiger partial charge in [-0.15, -0.1) is 0 Å². The van der Waals surface area contributed by atoms with Crippen molar-refractivity contribution in [1.29, 1.82) is 0 Å². The summed E-state index contributed by atoms with van der Waals surface area (Å²) in [6.45, 7) is 1.90. The van der Waals surface area contributed by atoms with Crippen LogP contribution in [0.25, 0.3) is 11.4 Å². The molecule has 5 nitrogen and oxygen atoms in total. The van der Waals surface area contributed by atoms with Crippen molar-refractivity contribution in [2.75, 3.05) is 0 Å². The fraction of sp³-hybridized carbons (Fsp3) is 0.263. The summed E-state index contributed by atoms with van der Waals surface area (Å²) in [5, 5.41) is 4.24. The first-order valence-corrected chi connectivity index (χ1v) is 9.61. The number of carbonyl (C=O) groups excluding carboxylic acids is 1. The van der Waals surface area contributed by atoms with Gasteiger partial charge in [0.2, 0.25) is 0 Å². The van der Waals surface area contributed by atoms with E-state index in [0.717, 1.165) is 16.3 Å². The van der Waals surface area contributed by atoms with Crippen LogP contribution < -0.4 is 5.32 Å². The van der Waals surface area contributed by atoms with Crippen LogP contribution in [0.2, 0.25) is 5.02 Å². The molecule has 1 fully saturated rings. The first kappa shape index (κ1) is 17.1. The summed E-state index contributed by atoms with van der Waals surface area (Å²) in [7, 11) is 0. The molecule has 2 heterocycles.